The van der Waals surface area contributed by atoms with Crippen molar-refractivity contribution < 1.29 is 4.79 Å². The molecule has 10 heavy (non-hydrogen) atoms. The molecule has 0 aromatic heterocycles. The molecule has 3 atom stereocenters. The van der Waals surface area contributed by atoms with Gasteiger partial charge in [-0.05, 0) is 18.3 Å². The van der Waals surface area contributed by atoms with Crippen molar-refractivity contribution in [3.8, 4) is 0 Å². The van der Waals surface area contributed by atoms with Crippen LogP contribution >= 0.6 is 0 Å². The fourth-order valence-corrected chi connectivity index (χ4v) is 2.47. The maximum atomic E-state index is 11.3. The Hall–Kier alpha value is -0.590. The number of rotatable bonds is 1. The van der Waals surface area contributed by atoms with Crippen LogP contribution in [0.4, 0.5) is 0 Å². The van der Waals surface area contributed by atoms with Gasteiger partial charge < -0.3 is 0 Å². The number of hydrogen-bond donors (Lipinski definition) is 0. The van der Waals surface area contributed by atoms with Crippen LogP contribution in [0.3, 0.4) is 0 Å². The van der Waals surface area contributed by atoms with Gasteiger partial charge in [-0.2, -0.15) is 0 Å². The van der Waals surface area contributed by atoms with Crippen LogP contribution < -0.4 is 0 Å². The van der Waals surface area contributed by atoms with E-state index >= 15 is 0 Å². The van der Waals surface area contributed by atoms with E-state index in [1.54, 1.807) is 0 Å². The maximum Gasteiger partial charge on any atom is 0.139 e. The van der Waals surface area contributed by atoms with Crippen LogP contribution in [0.5, 0.6) is 0 Å². The lowest BCUT2D eigenvalue weighted by molar-refractivity contribution is -0.122. The van der Waals surface area contributed by atoms with Gasteiger partial charge in [0, 0.05) is 11.8 Å². The summed E-state index contributed by atoms with van der Waals surface area (Å²) in [6.07, 6.45) is 3.86. The molecule has 2 aliphatic carbocycles. The third-order valence-electron chi connectivity index (χ3n) is 3.32. The average Bonchev–Trinajstić information content (AvgIpc) is 2.41. The Kier molecular flexibility index (Phi) is 0.936. The molecule has 2 aliphatic rings. The molecule has 2 fully saturated rings. The van der Waals surface area contributed by atoms with Crippen molar-refractivity contribution in [3.05, 3.63) is 12.7 Å². The van der Waals surface area contributed by atoms with Crippen LogP contribution in [0.25, 0.3) is 0 Å². The molecule has 0 aromatic carbocycles. The smallest absolute Gasteiger partial charge is 0.139 e. The molecule has 1 nitrogen and oxygen atoms in total. The molecule has 0 saturated heterocycles. The van der Waals surface area contributed by atoms with Crippen molar-refractivity contribution in [1.29, 1.82) is 0 Å². The van der Waals surface area contributed by atoms with Gasteiger partial charge in [-0.3, -0.25) is 4.79 Å². The molecule has 0 radical (unpaired) electrons. The largest absolute Gasteiger partial charge is 0.299 e. The van der Waals surface area contributed by atoms with Crippen molar-refractivity contribution >= 4 is 5.78 Å². The first kappa shape index (κ1) is 6.14. The first-order valence-electron chi connectivity index (χ1n) is 3.87. The topological polar surface area (TPSA) is 17.1 Å². The van der Waals surface area contributed by atoms with E-state index in [-0.39, 0.29) is 5.41 Å². The van der Waals surface area contributed by atoms with E-state index in [2.05, 4.69) is 13.5 Å². The molecule has 54 valence electrons. The average molecular weight is 136 g/mol. The molecule has 0 spiro atoms. The highest BCUT2D eigenvalue weighted by Crippen LogP contribution is 2.66. The molecule has 3 unspecified atom stereocenters. The lowest BCUT2D eigenvalue weighted by Crippen LogP contribution is -2.09. The first-order valence-corrected chi connectivity index (χ1v) is 3.87. The molecular formula is C9H12O. The van der Waals surface area contributed by atoms with Gasteiger partial charge in [0.25, 0.3) is 0 Å². The normalized spacial score (nSPS) is 50.7. The summed E-state index contributed by atoms with van der Waals surface area (Å²) in [7, 11) is 0. The van der Waals surface area contributed by atoms with E-state index in [4.69, 9.17) is 0 Å². The van der Waals surface area contributed by atoms with Crippen LogP contribution in [0.15, 0.2) is 12.7 Å². The first-order chi connectivity index (χ1) is 4.71. The summed E-state index contributed by atoms with van der Waals surface area (Å²) in [5.74, 6) is 1.62. The molecule has 0 aromatic rings. The molecule has 0 N–H and O–H groups in total. The molecule has 0 aliphatic heterocycles. The fourth-order valence-electron chi connectivity index (χ4n) is 2.47. The number of Topliss-reactive ketones (excluding diaryl/α,β-unsaturated/α-hetero) is 1. The zero-order valence-electron chi connectivity index (χ0n) is 6.26. The lowest BCUT2D eigenvalue weighted by atomic mass is 10.0. The van der Waals surface area contributed by atoms with Crippen LogP contribution in [-0.4, -0.2) is 5.78 Å². The molecule has 1 heteroatoms. The highest BCUT2D eigenvalue weighted by Gasteiger charge is 2.66. The van der Waals surface area contributed by atoms with Crippen molar-refractivity contribution in [2.75, 3.05) is 0 Å². The fraction of sp³-hybridized carbons (Fsp3) is 0.667. The van der Waals surface area contributed by atoms with Gasteiger partial charge in [0.1, 0.15) is 5.78 Å². The minimum atomic E-state index is 0.0295. The second kappa shape index (κ2) is 1.52. The minimum absolute atomic E-state index is 0.0295. The van der Waals surface area contributed by atoms with E-state index in [9.17, 15) is 4.79 Å². The van der Waals surface area contributed by atoms with Gasteiger partial charge in [-0.15, -0.1) is 6.58 Å². The van der Waals surface area contributed by atoms with E-state index in [0.29, 0.717) is 17.6 Å². The Bertz CT molecular complexity index is 207. The van der Waals surface area contributed by atoms with Gasteiger partial charge in [-0.25, -0.2) is 0 Å². The lowest BCUT2D eigenvalue weighted by Gasteiger charge is -2.01. The quantitative estimate of drug-likeness (QED) is 0.502. The van der Waals surface area contributed by atoms with Crippen LogP contribution in [-0.2, 0) is 4.79 Å². The molecular weight excluding hydrogens is 124 g/mol. The van der Waals surface area contributed by atoms with E-state index < -0.39 is 0 Å². The molecule has 0 heterocycles. The van der Waals surface area contributed by atoms with Crippen molar-refractivity contribution in [1.82, 2.24) is 0 Å². The van der Waals surface area contributed by atoms with Crippen LogP contribution in [0, 0.1) is 17.3 Å². The minimum Gasteiger partial charge on any atom is -0.299 e. The Morgan fingerprint density at radius 1 is 1.80 bits per heavy atom. The van der Waals surface area contributed by atoms with Crippen molar-refractivity contribution in [2.24, 2.45) is 17.3 Å². The SMILES string of the molecule is C=CC1C2CCC(=O)C12C. The standard InChI is InChI=1S/C9H12O/c1-3-6-7-4-5-8(10)9(6,7)2/h3,6-7H,1,4-5H2,2H3. The summed E-state index contributed by atoms with van der Waals surface area (Å²) in [5, 5.41) is 0. The second-order valence-electron chi connectivity index (χ2n) is 3.61. The molecule has 0 amide bonds. The Balaban J connectivity index is 2.28. The second-order valence-corrected chi connectivity index (χ2v) is 3.61. The predicted octanol–water partition coefficient (Wildman–Crippen LogP) is 1.79. The van der Waals surface area contributed by atoms with Gasteiger partial charge in [-0.1, -0.05) is 13.0 Å². The molecule has 2 rings (SSSR count). The van der Waals surface area contributed by atoms with Crippen LogP contribution in [0.2, 0.25) is 0 Å². The van der Waals surface area contributed by atoms with E-state index in [1.165, 1.54) is 0 Å². The Morgan fingerprint density at radius 2 is 2.50 bits per heavy atom. The molecule has 2 saturated carbocycles. The summed E-state index contributed by atoms with van der Waals surface area (Å²) in [6, 6.07) is 0. The number of fused-ring (bicyclic) bond motifs is 1. The number of allylic oxidation sites excluding steroid dienone is 1. The van der Waals surface area contributed by atoms with Gasteiger partial charge >= 0.3 is 0 Å². The zero-order valence-corrected chi connectivity index (χ0v) is 6.26. The van der Waals surface area contributed by atoms with Gasteiger partial charge in [0.15, 0.2) is 0 Å². The Labute approximate surface area is 61.1 Å². The van der Waals surface area contributed by atoms with E-state index in [0.717, 1.165) is 12.8 Å². The maximum absolute atomic E-state index is 11.3. The number of ketones is 1. The van der Waals surface area contributed by atoms with Gasteiger partial charge in [0.2, 0.25) is 0 Å². The zero-order chi connectivity index (χ0) is 7.35. The van der Waals surface area contributed by atoms with Crippen LogP contribution in [0.1, 0.15) is 19.8 Å². The van der Waals surface area contributed by atoms with Crippen molar-refractivity contribution in [2.45, 2.75) is 19.8 Å². The third-order valence-corrected chi connectivity index (χ3v) is 3.32. The van der Waals surface area contributed by atoms with Crippen molar-refractivity contribution in [3.63, 3.8) is 0 Å². The summed E-state index contributed by atoms with van der Waals surface area (Å²) in [6.45, 7) is 5.82. The summed E-state index contributed by atoms with van der Waals surface area (Å²) < 4.78 is 0. The summed E-state index contributed by atoms with van der Waals surface area (Å²) in [5.41, 5.74) is 0.0295. The summed E-state index contributed by atoms with van der Waals surface area (Å²) >= 11 is 0. The highest BCUT2D eigenvalue weighted by molar-refractivity contribution is 5.91. The Morgan fingerprint density at radius 3 is 2.80 bits per heavy atom. The summed E-state index contributed by atoms with van der Waals surface area (Å²) in [4.78, 5) is 11.3. The predicted molar refractivity (Wildman–Crippen MR) is 39.5 cm³/mol. The number of carbonyl (C=O) groups is 1. The highest BCUT2D eigenvalue weighted by atomic mass is 16.1. The van der Waals surface area contributed by atoms with E-state index in [1.807, 2.05) is 6.08 Å². The monoisotopic (exact) mass is 136 g/mol. The van der Waals surface area contributed by atoms with Gasteiger partial charge in [0.05, 0.1) is 0 Å². The number of hydrogen-bond acceptors (Lipinski definition) is 1. The molecule has 0 bridgehead atoms. The third kappa shape index (κ3) is 0.437. The number of carbonyl (C=O) groups excluding carboxylic acids is 1.